The Morgan fingerprint density at radius 3 is 2.43 bits per heavy atom. The normalized spacial score (nSPS) is 26.5. The minimum atomic E-state index is -0.340. The Balaban J connectivity index is 1.31. The number of hydrogen-bond donors (Lipinski definition) is 1. The zero-order valence-electron chi connectivity index (χ0n) is 16.4. The van der Waals surface area contributed by atoms with Gasteiger partial charge in [-0.3, -0.25) is 9.80 Å². The number of halogens is 1. The number of methoxy groups -OCH3 is 1. The number of likely N-dealkylation sites (tertiary alicyclic amines) is 2. The summed E-state index contributed by atoms with van der Waals surface area (Å²) in [5.41, 5.74) is 2.35. The van der Waals surface area contributed by atoms with Gasteiger partial charge in [-0.25, -0.2) is 4.39 Å². The van der Waals surface area contributed by atoms with Gasteiger partial charge >= 0.3 is 0 Å². The maximum absolute atomic E-state index is 13.1. The second kappa shape index (κ2) is 8.60. The Morgan fingerprint density at radius 1 is 1.00 bits per heavy atom. The van der Waals surface area contributed by atoms with Gasteiger partial charge in [0.1, 0.15) is 11.6 Å². The van der Waals surface area contributed by atoms with Crippen LogP contribution in [0.2, 0.25) is 0 Å². The first kappa shape index (κ1) is 19.4. The molecule has 28 heavy (non-hydrogen) atoms. The van der Waals surface area contributed by atoms with E-state index in [4.69, 9.17) is 4.74 Å². The van der Waals surface area contributed by atoms with Gasteiger partial charge in [-0.15, -0.1) is 0 Å². The molecule has 2 fully saturated rings. The van der Waals surface area contributed by atoms with Crippen LogP contribution in [-0.4, -0.2) is 60.3 Å². The number of rotatable bonds is 5. The lowest BCUT2D eigenvalue weighted by Gasteiger charge is -2.39. The van der Waals surface area contributed by atoms with Crippen molar-refractivity contribution in [2.75, 3.05) is 33.3 Å². The average Bonchev–Trinajstić information content (AvgIpc) is 3.18. The number of piperidine rings is 1. The van der Waals surface area contributed by atoms with Crippen molar-refractivity contribution in [3.05, 3.63) is 65.5 Å². The summed E-state index contributed by atoms with van der Waals surface area (Å²) in [6.45, 7) is 4.67. The van der Waals surface area contributed by atoms with Gasteiger partial charge in [-0.05, 0) is 54.8 Å². The van der Waals surface area contributed by atoms with Crippen LogP contribution in [0.15, 0.2) is 48.5 Å². The topological polar surface area (TPSA) is 35.9 Å². The molecule has 0 amide bonds. The summed E-state index contributed by atoms with van der Waals surface area (Å²) in [5, 5.41) is 10.8. The van der Waals surface area contributed by atoms with E-state index in [0.717, 1.165) is 56.9 Å². The molecule has 1 N–H and O–H groups in total. The fraction of sp³-hybridized carbons (Fsp3) is 0.478. The van der Waals surface area contributed by atoms with E-state index in [9.17, 15) is 9.50 Å². The molecule has 5 heteroatoms. The summed E-state index contributed by atoms with van der Waals surface area (Å²) in [7, 11) is 1.67. The molecular weight excluding hydrogens is 355 g/mol. The van der Waals surface area contributed by atoms with E-state index in [0.29, 0.717) is 6.04 Å². The van der Waals surface area contributed by atoms with Gasteiger partial charge in [0.2, 0.25) is 0 Å². The highest BCUT2D eigenvalue weighted by Gasteiger charge is 2.35. The number of ether oxygens (including phenoxy) is 1. The highest BCUT2D eigenvalue weighted by molar-refractivity contribution is 5.30. The molecule has 2 aromatic carbocycles. The summed E-state index contributed by atoms with van der Waals surface area (Å²) in [6, 6.07) is 15.4. The molecule has 2 aliphatic rings. The summed E-state index contributed by atoms with van der Waals surface area (Å²) in [5.74, 6) is 0.860. The molecular formula is C23H29FN2O2. The van der Waals surface area contributed by atoms with Crippen LogP contribution in [-0.2, 0) is 6.54 Å². The third kappa shape index (κ3) is 4.37. The van der Waals surface area contributed by atoms with Crippen LogP contribution in [0.1, 0.15) is 29.9 Å². The largest absolute Gasteiger partial charge is 0.497 e. The average molecular weight is 384 g/mol. The molecule has 0 spiro atoms. The molecule has 0 saturated carbocycles. The molecule has 3 atom stereocenters. The highest BCUT2D eigenvalue weighted by Crippen LogP contribution is 2.32. The number of β-amino-alcohol motifs (C(OH)–C–C–N with tert-alkyl or cyclic N) is 1. The van der Waals surface area contributed by atoms with Crippen LogP contribution in [0.4, 0.5) is 4.39 Å². The van der Waals surface area contributed by atoms with Crippen LogP contribution < -0.4 is 4.74 Å². The van der Waals surface area contributed by atoms with Gasteiger partial charge in [0.25, 0.3) is 0 Å². The van der Waals surface area contributed by atoms with E-state index in [1.54, 1.807) is 7.11 Å². The molecule has 2 heterocycles. The first-order valence-electron chi connectivity index (χ1n) is 10.2. The highest BCUT2D eigenvalue weighted by atomic mass is 19.1. The number of benzene rings is 2. The molecule has 0 unspecified atom stereocenters. The van der Waals surface area contributed by atoms with Crippen molar-refractivity contribution < 1.29 is 14.2 Å². The van der Waals surface area contributed by atoms with E-state index < -0.39 is 0 Å². The van der Waals surface area contributed by atoms with Gasteiger partial charge in [0, 0.05) is 38.1 Å². The SMILES string of the molecule is COc1ccc([C@@H]2CCN([C@@H]3CCN(Cc4ccc(F)cc4)C3)C[C@H]2O)cc1. The summed E-state index contributed by atoms with van der Waals surface area (Å²) in [4.78, 5) is 4.88. The van der Waals surface area contributed by atoms with Gasteiger partial charge in [0.15, 0.2) is 0 Å². The number of nitrogens with zero attached hydrogens (tertiary/aromatic N) is 2. The number of aliphatic hydroxyl groups is 1. The zero-order valence-corrected chi connectivity index (χ0v) is 16.4. The lowest BCUT2D eigenvalue weighted by atomic mass is 9.86. The minimum absolute atomic E-state index is 0.184. The molecule has 4 rings (SSSR count). The van der Waals surface area contributed by atoms with Crippen LogP contribution in [0.25, 0.3) is 0 Å². The van der Waals surface area contributed by atoms with Crippen molar-refractivity contribution in [1.82, 2.24) is 9.80 Å². The van der Waals surface area contributed by atoms with E-state index in [1.807, 2.05) is 24.3 Å². The third-order valence-electron chi connectivity index (χ3n) is 6.24. The minimum Gasteiger partial charge on any atom is -0.497 e. The second-order valence-corrected chi connectivity index (χ2v) is 8.03. The van der Waals surface area contributed by atoms with Crippen molar-refractivity contribution >= 4 is 0 Å². The first-order chi connectivity index (χ1) is 13.6. The molecule has 2 aromatic rings. The van der Waals surface area contributed by atoms with Crippen LogP contribution >= 0.6 is 0 Å². The van der Waals surface area contributed by atoms with E-state index in [1.165, 1.54) is 17.7 Å². The predicted octanol–water partition coefficient (Wildman–Crippen LogP) is 3.26. The molecule has 0 aliphatic carbocycles. The maximum Gasteiger partial charge on any atom is 0.123 e. The van der Waals surface area contributed by atoms with Crippen molar-refractivity contribution in [2.45, 2.75) is 37.5 Å². The molecule has 2 saturated heterocycles. The maximum atomic E-state index is 13.1. The Morgan fingerprint density at radius 2 is 1.75 bits per heavy atom. The van der Waals surface area contributed by atoms with Crippen molar-refractivity contribution in [2.24, 2.45) is 0 Å². The lowest BCUT2D eigenvalue weighted by molar-refractivity contribution is 0.0312. The second-order valence-electron chi connectivity index (χ2n) is 8.03. The van der Waals surface area contributed by atoms with Crippen LogP contribution in [0, 0.1) is 5.82 Å². The number of hydrogen-bond acceptors (Lipinski definition) is 4. The van der Waals surface area contributed by atoms with Crippen molar-refractivity contribution in [1.29, 1.82) is 0 Å². The standard InChI is InChI=1S/C23H29FN2O2/c1-28-21-8-4-18(5-9-21)22-11-13-26(16-23(22)27)20-10-12-25(15-20)14-17-2-6-19(24)7-3-17/h2-9,20,22-23,27H,10-16H2,1H3/t20-,22+,23-/m1/s1. The Bertz CT molecular complexity index is 765. The Kier molecular flexibility index (Phi) is 5.95. The Labute approximate surface area is 166 Å². The first-order valence-corrected chi connectivity index (χ1v) is 10.2. The van der Waals surface area contributed by atoms with Crippen LogP contribution in [0.5, 0.6) is 5.75 Å². The predicted molar refractivity (Wildman–Crippen MR) is 108 cm³/mol. The fourth-order valence-electron chi connectivity index (χ4n) is 4.63. The van der Waals surface area contributed by atoms with Gasteiger partial charge in [-0.2, -0.15) is 0 Å². The molecule has 150 valence electrons. The summed E-state index contributed by atoms with van der Waals surface area (Å²) < 4.78 is 18.3. The van der Waals surface area contributed by atoms with Gasteiger partial charge in [-0.1, -0.05) is 24.3 Å². The molecule has 0 radical (unpaired) electrons. The number of aliphatic hydroxyl groups excluding tert-OH is 1. The Hall–Kier alpha value is -1.95. The zero-order chi connectivity index (χ0) is 19.5. The molecule has 4 nitrogen and oxygen atoms in total. The monoisotopic (exact) mass is 384 g/mol. The summed E-state index contributed by atoms with van der Waals surface area (Å²) >= 11 is 0. The molecule has 0 bridgehead atoms. The molecule has 2 aliphatic heterocycles. The summed E-state index contributed by atoms with van der Waals surface area (Å²) in [6.07, 6.45) is 1.76. The lowest BCUT2D eigenvalue weighted by Crippen LogP contribution is -2.48. The quantitative estimate of drug-likeness (QED) is 0.858. The van der Waals surface area contributed by atoms with E-state index in [-0.39, 0.29) is 17.8 Å². The van der Waals surface area contributed by atoms with Gasteiger partial charge in [0.05, 0.1) is 13.2 Å². The van der Waals surface area contributed by atoms with Crippen molar-refractivity contribution in [3.63, 3.8) is 0 Å². The smallest absolute Gasteiger partial charge is 0.123 e. The van der Waals surface area contributed by atoms with Crippen molar-refractivity contribution in [3.8, 4) is 5.75 Å². The van der Waals surface area contributed by atoms with Gasteiger partial charge < -0.3 is 9.84 Å². The van der Waals surface area contributed by atoms with E-state index >= 15 is 0 Å². The van der Waals surface area contributed by atoms with Crippen LogP contribution in [0.3, 0.4) is 0 Å². The third-order valence-corrected chi connectivity index (χ3v) is 6.24. The fourth-order valence-corrected chi connectivity index (χ4v) is 4.63. The molecule has 0 aromatic heterocycles. The van der Waals surface area contributed by atoms with E-state index in [2.05, 4.69) is 21.9 Å².